The van der Waals surface area contributed by atoms with E-state index in [1.54, 1.807) is 23.4 Å². The molecule has 2 aromatic carbocycles. The van der Waals surface area contributed by atoms with Crippen molar-refractivity contribution >= 4 is 22.9 Å². The van der Waals surface area contributed by atoms with Crippen molar-refractivity contribution in [3.63, 3.8) is 0 Å². The van der Waals surface area contributed by atoms with E-state index in [1.165, 1.54) is 11.1 Å². The summed E-state index contributed by atoms with van der Waals surface area (Å²) >= 11 is 0. The summed E-state index contributed by atoms with van der Waals surface area (Å²) in [5.41, 5.74) is 10.4. The predicted molar refractivity (Wildman–Crippen MR) is 166 cm³/mol. The first-order chi connectivity index (χ1) is 21.5. The van der Waals surface area contributed by atoms with E-state index >= 15 is 0 Å². The van der Waals surface area contributed by atoms with Crippen molar-refractivity contribution in [2.45, 2.75) is 55.7 Å². The maximum absolute atomic E-state index is 11.2. The van der Waals surface area contributed by atoms with Crippen LogP contribution < -0.4 is 16.0 Å². The number of hydrogen-bond donors (Lipinski definition) is 5. The molecule has 12 nitrogen and oxygen atoms in total. The fraction of sp³-hybridized carbons (Fsp3) is 0.375. The van der Waals surface area contributed by atoms with E-state index in [0.29, 0.717) is 48.0 Å². The van der Waals surface area contributed by atoms with Crippen LogP contribution in [0.2, 0.25) is 0 Å². The Hall–Kier alpha value is -4.36. The Labute approximate surface area is 254 Å². The van der Waals surface area contributed by atoms with Gasteiger partial charge in [0.25, 0.3) is 0 Å². The van der Waals surface area contributed by atoms with Crippen LogP contribution in [0.5, 0.6) is 0 Å². The Morgan fingerprint density at radius 3 is 2.30 bits per heavy atom. The smallest absolute Gasteiger partial charge is 0.229 e. The topological polar surface area (TPSA) is 163 Å². The molecule has 2 fully saturated rings. The third-order valence-corrected chi connectivity index (χ3v) is 8.95. The van der Waals surface area contributed by atoms with E-state index in [2.05, 4.69) is 39.6 Å². The number of rotatable bonds is 9. The fourth-order valence-electron chi connectivity index (χ4n) is 6.54. The molecule has 228 valence electrons. The third kappa shape index (κ3) is 5.30. The largest absolute Gasteiger partial charge is 0.392 e. The Morgan fingerprint density at radius 1 is 0.955 bits per heavy atom. The second kappa shape index (κ2) is 12.0. The van der Waals surface area contributed by atoms with E-state index in [-0.39, 0.29) is 18.6 Å². The molecule has 12 heteroatoms. The molecule has 5 aromatic rings. The van der Waals surface area contributed by atoms with E-state index < -0.39 is 24.3 Å². The van der Waals surface area contributed by atoms with Crippen LogP contribution in [0.4, 0.5) is 11.8 Å². The van der Waals surface area contributed by atoms with Crippen molar-refractivity contribution in [2.75, 3.05) is 29.9 Å². The van der Waals surface area contributed by atoms with Crippen LogP contribution in [0, 0.1) is 0 Å². The normalized spacial score (nSPS) is 23.7. The Balaban J connectivity index is 1.25. The van der Waals surface area contributed by atoms with Gasteiger partial charge in [0, 0.05) is 43.4 Å². The zero-order chi connectivity index (χ0) is 30.2. The van der Waals surface area contributed by atoms with Crippen LogP contribution in [-0.2, 0) is 6.61 Å². The van der Waals surface area contributed by atoms with E-state index in [1.807, 2.05) is 41.0 Å². The predicted octanol–water partition coefficient (Wildman–Crippen LogP) is 2.20. The molecule has 0 amide bonds. The minimum Gasteiger partial charge on any atom is -0.392 e. The van der Waals surface area contributed by atoms with E-state index in [0.717, 1.165) is 13.0 Å². The summed E-state index contributed by atoms with van der Waals surface area (Å²) in [6, 6.07) is 19.8. The summed E-state index contributed by atoms with van der Waals surface area (Å²) in [5.74, 6) is 1.22. The fourth-order valence-corrected chi connectivity index (χ4v) is 6.54. The molecule has 0 spiro atoms. The van der Waals surface area contributed by atoms with Gasteiger partial charge in [-0.3, -0.25) is 4.68 Å². The van der Waals surface area contributed by atoms with E-state index in [9.17, 15) is 15.3 Å². The third-order valence-electron chi connectivity index (χ3n) is 8.95. The number of fused-ring (bicyclic) bond motifs is 1. The molecule has 4 heterocycles. The number of nitrogens with one attached hydrogen (secondary N) is 1. The summed E-state index contributed by atoms with van der Waals surface area (Å²) in [6.45, 7) is 1.82. The van der Waals surface area contributed by atoms with Gasteiger partial charge in [-0.1, -0.05) is 60.7 Å². The molecule has 1 aliphatic carbocycles. The van der Waals surface area contributed by atoms with Gasteiger partial charge in [0.2, 0.25) is 5.95 Å². The lowest BCUT2D eigenvalue weighted by Gasteiger charge is -2.22. The van der Waals surface area contributed by atoms with Crippen LogP contribution in [0.1, 0.15) is 47.5 Å². The molecule has 6 N–H and O–H groups in total. The lowest BCUT2D eigenvalue weighted by molar-refractivity contribution is 0.00720. The highest BCUT2D eigenvalue weighted by atomic mass is 16.3. The number of hydrogen-bond acceptors (Lipinski definition) is 10. The molecule has 1 saturated heterocycles. The van der Waals surface area contributed by atoms with Crippen molar-refractivity contribution < 1.29 is 15.3 Å². The van der Waals surface area contributed by atoms with Gasteiger partial charge in [0.05, 0.1) is 31.2 Å². The van der Waals surface area contributed by atoms with Crippen molar-refractivity contribution in [1.29, 1.82) is 0 Å². The summed E-state index contributed by atoms with van der Waals surface area (Å²) in [7, 11) is 0. The maximum atomic E-state index is 11.2. The maximum Gasteiger partial charge on any atom is 0.229 e. The van der Waals surface area contributed by atoms with Crippen LogP contribution in [-0.4, -0.2) is 82.5 Å². The van der Waals surface area contributed by atoms with Gasteiger partial charge in [-0.25, -0.2) is 4.98 Å². The van der Waals surface area contributed by atoms with Gasteiger partial charge in [0.15, 0.2) is 17.0 Å². The highest BCUT2D eigenvalue weighted by molar-refractivity contribution is 5.84. The van der Waals surface area contributed by atoms with Crippen molar-refractivity contribution in [2.24, 2.45) is 5.73 Å². The van der Waals surface area contributed by atoms with Gasteiger partial charge in [-0.05, 0) is 24.0 Å². The molecule has 0 radical (unpaired) electrons. The second-order valence-electron chi connectivity index (χ2n) is 11.8. The standard InChI is InChI=1S/C32H37N9O3/c33-23-11-12-39(17-23)32-37-30(34-15-24(21-7-3-1-4-8-21)22-9-5-2-6-10-22)27-31(38-32)40(19-35-27)25-13-26(29(44)28(25)43)41-16-20(18-42)14-36-41/h1-10,14,16,19,23-26,28-29,42-44H,11-13,15,17-18,33H2,(H,34,37,38)/t23-,25-,26+,28+,29-/m1/s1. The summed E-state index contributed by atoms with van der Waals surface area (Å²) < 4.78 is 3.46. The summed E-state index contributed by atoms with van der Waals surface area (Å²) in [4.78, 5) is 16.7. The molecule has 1 aliphatic heterocycles. The molecule has 5 atom stereocenters. The Bertz CT molecular complexity index is 1670. The number of aromatic nitrogens is 6. The molecule has 0 bridgehead atoms. The molecule has 7 rings (SSSR count). The first kappa shape index (κ1) is 28.4. The summed E-state index contributed by atoms with van der Waals surface area (Å²) in [6.07, 6.45) is 4.05. The Morgan fingerprint density at radius 2 is 1.66 bits per heavy atom. The number of benzene rings is 2. The quantitative estimate of drug-likeness (QED) is 0.171. The van der Waals surface area contributed by atoms with Crippen LogP contribution in [0.25, 0.3) is 11.2 Å². The lowest BCUT2D eigenvalue weighted by atomic mass is 9.91. The Kier molecular flexibility index (Phi) is 7.73. The number of anilines is 2. The molecular weight excluding hydrogens is 558 g/mol. The number of aliphatic hydroxyl groups is 3. The van der Waals surface area contributed by atoms with Gasteiger partial charge in [-0.2, -0.15) is 15.1 Å². The highest BCUT2D eigenvalue weighted by Crippen LogP contribution is 2.40. The van der Waals surface area contributed by atoms with Crippen LogP contribution in [0.3, 0.4) is 0 Å². The number of aliphatic hydroxyl groups excluding tert-OH is 3. The molecule has 0 unspecified atom stereocenters. The second-order valence-corrected chi connectivity index (χ2v) is 11.8. The monoisotopic (exact) mass is 595 g/mol. The average molecular weight is 596 g/mol. The molecule has 1 saturated carbocycles. The lowest BCUT2D eigenvalue weighted by Crippen LogP contribution is -2.30. The minimum atomic E-state index is -1.07. The molecular formula is C32H37N9O3. The highest BCUT2D eigenvalue weighted by Gasteiger charge is 2.44. The number of imidazole rings is 1. The molecule has 44 heavy (non-hydrogen) atoms. The van der Waals surface area contributed by atoms with Crippen LogP contribution in [0.15, 0.2) is 79.4 Å². The zero-order valence-electron chi connectivity index (χ0n) is 24.3. The molecule has 2 aliphatic rings. The zero-order valence-corrected chi connectivity index (χ0v) is 24.3. The van der Waals surface area contributed by atoms with Crippen molar-refractivity contribution in [1.82, 2.24) is 29.3 Å². The SMILES string of the molecule is N[C@@H]1CCN(c2nc(NCC(c3ccccc3)c3ccccc3)c3ncn([C@@H]4C[C@H](n5cc(CO)cn5)[C@@H](O)[C@H]4O)c3n2)C1. The number of nitrogens with two attached hydrogens (primary N) is 1. The average Bonchev–Trinajstić information content (AvgIpc) is 3.86. The first-order valence-electron chi connectivity index (χ1n) is 15.1. The minimum absolute atomic E-state index is 0.0431. The van der Waals surface area contributed by atoms with Crippen molar-refractivity contribution in [3.05, 3.63) is 96.1 Å². The van der Waals surface area contributed by atoms with Gasteiger partial charge < -0.3 is 35.8 Å². The van der Waals surface area contributed by atoms with Crippen LogP contribution >= 0.6 is 0 Å². The van der Waals surface area contributed by atoms with Gasteiger partial charge in [0.1, 0.15) is 12.2 Å². The van der Waals surface area contributed by atoms with Gasteiger partial charge >= 0.3 is 0 Å². The number of nitrogens with zero attached hydrogens (tertiary/aromatic N) is 7. The van der Waals surface area contributed by atoms with Gasteiger partial charge in [-0.15, -0.1) is 0 Å². The summed E-state index contributed by atoms with van der Waals surface area (Å²) in [5, 5.41) is 39.7. The van der Waals surface area contributed by atoms with Crippen molar-refractivity contribution in [3.8, 4) is 0 Å². The first-order valence-corrected chi connectivity index (χ1v) is 15.1. The van der Waals surface area contributed by atoms with E-state index in [4.69, 9.17) is 20.7 Å². The molecule has 3 aromatic heterocycles.